The van der Waals surface area contributed by atoms with Crippen LogP contribution in [-0.4, -0.2) is 28.3 Å². The average molecular weight is 464 g/mol. The van der Waals surface area contributed by atoms with Crippen LogP contribution in [0.2, 0.25) is 0 Å². The van der Waals surface area contributed by atoms with Gasteiger partial charge in [0, 0.05) is 29.3 Å². The number of aliphatic hydroxyl groups is 1. The Morgan fingerprint density at radius 3 is 2.56 bits per heavy atom. The van der Waals surface area contributed by atoms with E-state index in [0.29, 0.717) is 11.1 Å². The number of rotatable bonds is 8. The minimum absolute atomic E-state index is 0.00244. The highest BCUT2D eigenvalue weighted by Crippen LogP contribution is 2.42. The molecule has 0 amide bonds. The number of carbonyl (C=O) groups is 1. The van der Waals surface area contributed by atoms with Crippen LogP contribution < -0.4 is 5.32 Å². The molecule has 178 valence electrons. The number of phenolic OH excluding ortho intramolecular Hbond substituents is 1. The summed E-state index contributed by atoms with van der Waals surface area (Å²) in [5, 5.41) is 25.8. The molecule has 1 aliphatic heterocycles. The van der Waals surface area contributed by atoms with Gasteiger partial charge in [-0.1, -0.05) is 51.1 Å². The summed E-state index contributed by atoms with van der Waals surface area (Å²) in [6, 6.07) is 19.0. The first-order valence-electron chi connectivity index (χ1n) is 11.4. The number of esters is 1. The van der Waals surface area contributed by atoms with Gasteiger partial charge in [-0.05, 0) is 53.8 Å². The molecule has 2 unspecified atom stereocenters. The number of aromatic hydroxyl groups is 1. The van der Waals surface area contributed by atoms with E-state index in [1.54, 1.807) is 12.1 Å². The molecule has 3 N–H and O–H groups in total. The van der Waals surface area contributed by atoms with E-state index in [4.69, 9.17) is 4.74 Å². The fourth-order valence-corrected chi connectivity index (χ4v) is 4.83. The topological polar surface area (TPSA) is 78.8 Å². The number of benzene rings is 3. The van der Waals surface area contributed by atoms with E-state index in [2.05, 4.69) is 5.32 Å². The molecule has 5 nitrogen and oxygen atoms in total. The largest absolute Gasteiger partial charge is 0.508 e. The van der Waals surface area contributed by atoms with Crippen molar-refractivity contribution in [1.29, 1.82) is 0 Å². The summed E-state index contributed by atoms with van der Waals surface area (Å²) < 4.78 is 19.1. The van der Waals surface area contributed by atoms with Crippen LogP contribution in [0.5, 0.6) is 5.75 Å². The highest BCUT2D eigenvalue weighted by Gasteiger charge is 2.41. The van der Waals surface area contributed by atoms with Gasteiger partial charge in [0.1, 0.15) is 18.2 Å². The molecule has 0 fully saturated rings. The molecular formula is C28H30FNO4. The Morgan fingerprint density at radius 2 is 1.82 bits per heavy atom. The second kappa shape index (κ2) is 9.11. The predicted octanol–water partition coefficient (Wildman–Crippen LogP) is 5.52. The van der Waals surface area contributed by atoms with Gasteiger partial charge in [-0.3, -0.25) is 0 Å². The van der Waals surface area contributed by atoms with Gasteiger partial charge in [0.25, 0.3) is 0 Å². The smallest absolute Gasteiger partial charge is 0.338 e. The number of hydrogen-bond acceptors (Lipinski definition) is 5. The Kier molecular flexibility index (Phi) is 6.36. The summed E-state index contributed by atoms with van der Waals surface area (Å²) in [6.45, 7) is 6.19. The third-order valence-corrected chi connectivity index (χ3v) is 6.82. The molecular weight excluding hydrogens is 433 g/mol. The molecule has 4 rings (SSSR count). The lowest BCUT2D eigenvalue weighted by atomic mass is 9.69. The van der Waals surface area contributed by atoms with Gasteiger partial charge in [0.15, 0.2) is 0 Å². The minimum Gasteiger partial charge on any atom is -0.508 e. The number of cyclic esters (lactones) is 1. The van der Waals surface area contributed by atoms with Gasteiger partial charge in [-0.2, -0.15) is 0 Å². The van der Waals surface area contributed by atoms with E-state index in [0.717, 1.165) is 16.8 Å². The van der Waals surface area contributed by atoms with Crippen LogP contribution >= 0.6 is 0 Å². The van der Waals surface area contributed by atoms with Crippen molar-refractivity contribution in [3.05, 3.63) is 94.8 Å². The quantitative estimate of drug-likeness (QED) is 0.384. The zero-order valence-corrected chi connectivity index (χ0v) is 19.6. The summed E-state index contributed by atoms with van der Waals surface area (Å²) in [7, 11) is 0. The number of nitrogens with one attached hydrogen (secondary N) is 1. The number of ether oxygens (including phenoxy) is 1. The van der Waals surface area contributed by atoms with Crippen LogP contribution in [-0.2, 0) is 16.8 Å². The SMILES string of the molecule is CC(c1ccccc1)C(O)(CNc1ccc2c(c1)COC2=O)CC(C)(C)c1cc(F)ccc1O. The molecule has 2 atom stereocenters. The Morgan fingerprint density at radius 1 is 1.09 bits per heavy atom. The van der Waals surface area contributed by atoms with Gasteiger partial charge in [-0.25, -0.2) is 9.18 Å². The molecule has 1 heterocycles. The van der Waals surface area contributed by atoms with Gasteiger partial charge in [0.05, 0.1) is 11.2 Å². The van der Waals surface area contributed by atoms with Gasteiger partial charge in [-0.15, -0.1) is 0 Å². The number of halogens is 1. The number of fused-ring (bicyclic) bond motifs is 1. The van der Waals surface area contributed by atoms with Crippen LogP contribution in [0.15, 0.2) is 66.7 Å². The Hall–Kier alpha value is -3.38. The van der Waals surface area contributed by atoms with E-state index in [9.17, 15) is 19.4 Å². The maximum absolute atomic E-state index is 14.0. The van der Waals surface area contributed by atoms with E-state index in [-0.39, 0.29) is 37.2 Å². The fourth-order valence-electron chi connectivity index (χ4n) is 4.83. The molecule has 3 aromatic carbocycles. The monoisotopic (exact) mass is 463 g/mol. The Balaban J connectivity index is 1.64. The molecule has 34 heavy (non-hydrogen) atoms. The lowest BCUT2D eigenvalue weighted by molar-refractivity contribution is 0.00351. The molecule has 0 saturated heterocycles. The average Bonchev–Trinajstić information content (AvgIpc) is 3.19. The molecule has 0 aliphatic carbocycles. The molecule has 0 bridgehead atoms. The van der Waals surface area contributed by atoms with Crippen molar-refractivity contribution in [2.24, 2.45) is 0 Å². The first-order chi connectivity index (χ1) is 16.1. The second-order valence-corrected chi connectivity index (χ2v) is 9.76. The summed E-state index contributed by atoms with van der Waals surface area (Å²) >= 11 is 0. The fraction of sp³-hybridized carbons (Fsp3) is 0.321. The molecule has 0 aromatic heterocycles. The Labute approximate surface area is 199 Å². The summed E-state index contributed by atoms with van der Waals surface area (Å²) in [5.74, 6) is -1.03. The van der Waals surface area contributed by atoms with E-state index in [1.807, 2.05) is 57.2 Å². The summed E-state index contributed by atoms with van der Waals surface area (Å²) in [5.41, 5.74) is 1.56. The van der Waals surface area contributed by atoms with Crippen molar-refractivity contribution in [3.63, 3.8) is 0 Å². The van der Waals surface area contributed by atoms with Crippen molar-refractivity contribution < 1.29 is 24.1 Å². The van der Waals surface area contributed by atoms with Crippen LogP contribution in [0.1, 0.15) is 60.2 Å². The zero-order valence-electron chi connectivity index (χ0n) is 19.6. The molecule has 1 aliphatic rings. The first kappa shape index (κ1) is 23.8. The Bertz CT molecular complexity index is 1190. The van der Waals surface area contributed by atoms with Gasteiger partial charge < -0.3 is 20.3 Å². The molecule has 0 saturated carbocycles. The van der Waals surface area contributed by atoms with Crippen molar-refractivity contribution in [3.8, 4) is 5.75 Å². The molecule has 0 spiro atoms. The molecule has 0 radical (unpaired) electrons. The lowest BCUT2D eigenvalue weighted by Crippen LogP contribution is -2.46. The van der Waals surface area contributed by atoms with Gasteiger partial charge >= 0.3 is 5.97 Å². The minimum atomic E-state index is -1.26. The lowest BCUT2D eigenvalue weighted by Gasteiger charge is -2.41. The van der Waals surface area contributed by atoms with Crippen LogP contribution in [0.4, 0.5) is 10.1 Å². The maximum Gasteiger partial charge on any atom is 0.338 e. The maximum atomic E-state index is 14.0. The standard InChI is InChI=1S/C28H30FNO4/c1-18(19-7-5-4-6-8-19)28(33,16-27(2,3)24-14-21(29)9-12-25(24)31)17-30-22-10-11-23-20(13-22)15-34-26(23)32/h4-14,18,30-31,33H,15-17H2,1-3H3. The number of carbonyl (C=O) groups excluding carboxylic acids is 1. The third kappa shape index (κ3) is 4.77. The van der Waals surface area contributed by atoms with Gasteiger partial charge in [0.2, 0.25) is 0 Å². The second-order valence-electron chi connectivity index (χ2n) is 9.76. The van der Waals surface area contributed by atoms with Crippen LogP contribution in [0.25, 0.3) is 0 Å². The van der Waals surface area contributed by atoms with Crippen molar-refractivity contribution in [1.82, 2.24) is 0 Å². The normalized spacial score (nSPS) is 15.9. The summed E-state index contributed by atoms with van der Waals surface area (Å²) in [4.78, 5) is 11.8. The van der Waals surface area contributed by atoms with Crippen LogP contribution in [0.3, 0.4) is 0 Å². The van der Waals surface area contributed by atoms with Crippen molar-refractivity contribution in [2.75, 3.05) is 11.9 Å². The van der Waals surface area contributed by atoms with E-state index >= 15 is 0 Å². The van der Waals surface area contributed by atoms with Crippen LogP contribution in [0, 0.1) is 5.82 Å². The van der Waals surface area contributed by atoms with Crippen molar-refractivity contribution >= 4 is 11.7 Å². The first-order valence-corrected chi connectivity index (χ1v) is 11.4. The predicted molar refractivity (Wildman–Crippen MR) is 130 cm³/mol. The number of anilines is 1. The number of hydrogen-bond donors (Lipinski definition) is 3. The van der Waals surface area contributed by atoms with E-state index < -0.39 is 16.8 Å². The van der Waals surface area contributed by atoms with E-state index in [1.165, 1.54) is 18.2 Å². The number of phenols is 1. The van der Waals surface area contributed by atoms with Crippen molar-refractivity contribution in [2.45, 2.75) is 50.7 Å². The summed E-state index contributed by atoms with van der Waals surface area (Å²) in [6.07, 6.45) is 0.257. The molecule has 3 aromatic rings. The highest BCUT2D eigenvalue weighted by atomic mass is 19.1. The highest BCUT2D eigenvalue weighted by molar-refractivity contribution is 5.93. The third-order valence-electron chi connectivity index (χ3n) is 6.82. The zero-order chi connectivity index (χ0) is 24.5. The molecule has 6 heteroatoms.